The molecule has 1 saturated heterocycles. The van der Waals surface area contributed by atoms with E-state index in [1.165, 1.54) is 6.07 Å². The monoisotopic (exact) mass is 402 g/mol. The fraction of sp³-hybridized carbons (Fsp3) is 0.474. The van der Waals surface area contributed by atoms with Gasteiger partial charge in [0, 0.05) is 18.5 Å². The van der Waals surface area contributed by atoms with Gasteiger partial charge < -0.3 is 14.8 Å². The van der Waals surface area contributed by atoms with Gasteiger partial charge in [0.1, 0.15) is 5.54 Å². The Morgan fingerprint density at radius 1 is 1.07 bits per heavy atom. The van der Waals surface area contributed by atoms with Gasteiger partial charge in [-0.05, 0) is 31.0 Å². The van der Waals surface area contributed by atoms with Crippen LogP contribution in [0.15, 0.2) is 18.2 Å². The molecule has 0 radical (unpaired) electrons. The van der Waals surface area contributed by atoms with Crippen molar-refractivity contribution in [2.75, 3.05) is 13.3 Å². The van der Waals surface area contributed by atoms with E-state index in [1.54, 1.807) is 12.1 Å². The molecule has 10 heteroatoms. The molecule has 0 aromatic heterocycles. The Morgan fingerprint density at radius 3 is 2.62 bits per heavy atom. The number of hydrogen-bond acceptors (Lipinski definition) is 6. The Balaban J connectivity index is 1.26. The molecule has 2 aliphatic heterocycles. The topological polar surface area (TPSA) is 126 Å². The van der Waals surface area contributed by atoms with Gasteiger partial charge in [-0.3, -0.25) is 30.1 Å². The minimum atomic E-state index is -0.806. The van der Waals surface area contributed by atoms with Crippen molar-refractivity contribution in [3.05, 3.63) is 23.8 Å². The van der Waals surface area contributed by atoms with E-state index in [4.69, 9.17) is 9.47 Å². The van der Waals surface area contributed by atoms with Crippen LogP contribution in [-0.4, -0.2) is 47.5 Å². The molecule has 29 heavy (non-hydrogen) atoms. The number of carbonyl (C=O) groups excluding carboxylic acids is 4. The maximum absolute atomic E-state index is 12.7. The number of imide groups is 1. The zero-order chi connectivity index (χ0) is 20.4. The maximum atomic E-state index is 12.7. The van der Waals surface area contributed by atoms with E-state index in [2.05, 4.69) is 16.2 Å². The Bertz CT molecular complexity index is 864. The third-order valence-electron chi connectivity index (χ3n) is 5.47. The number of rotatable bonds is 4. The molecule has 1 aromatic carbocycles. The lowest BCUT2D eigenvalue weighted by molar-refractivity contribution is -0.132. The summed E-state index contributed by atoms with van der Waals surface area (Å²) in [6.07, 6.45) is 3.99. The van der Waals surface area contributed by atoms with Gasteiger partial charge in [0.25, 0.3) is 11.8 Å². The van der Waals surface area contributed by atoms with Gasteiger partial charge in [-0.2, -0.15) is 0 Å². The molecule has 0 atom stereocenters. The normalized spacial score (nSPS) is 19.2. The van der Waals surface area contributed by atoms with Crippen molar-refractivity contribution in [3.63, 3.8) is 0 Å². The number of carbonyl (C=O) groups is 4. The van der Waals surface area contributed by atoms with Crippen LogP contribution in [0, 0.1) is 0 Å². The van der Waals surface area contributed by atoms with Crippen LogP contribution in [0.2, 0.25) is 0 Å². The van der Waals surface area contributed by atoms with Gasteiger partial charge >= 0.3 is 6.03 Å². The van der Waals surface area contributed by atoms with E-state index in [1.807, 2.05) is 0 Å². The van der Waals surface area contributed by atoms with Gasteiger partial charge in [-0.15, -0.1) is 0 Å². The second kappa shape index (κ2) is 7.61. The summed E-state index contributed by atoms with van der Waals surface area (Å²) < 4.78 is 10.4. The average molecular weight is 402 g/mol. The first kappa shape index (κ1) is 19.0. The van der Waals surface area contributed by atoms with Crippen LogP contribution >= 0.6 is 0 Å². The molecule has 154 valence electrons. The molecule has 1 saturated carbocycles. The van der Waals surface area contributed by atoms with E-state index in [9.17, 15) is 19.2 Å². The third-order valence-corrected chi connectivity index (χ3v) is 5.47. The minimum absolute atomic E-state index is 0.0435. The summed E-state index contributed by atoms with van der Waals surface area (Å²) in [7, 11) is 0. The fourth-order valence-corrected chi connectivity index (χ4v) is 3.89. The van der Waals surface area contributed by atoms with E-state index in [0.29, 0.717) is 29.9 Å². The summed E-state index contributed by atoms with van der Waals surface area (Å²) in [5.41, 5.74) is 4.09. The number of benzene rings is 1. The molecule has 0 unspecified atom stereocenters. The molecule has 3 aliphatic rings. The van der Waals surface area contributed by atoms with Crippen molar-refractivity contribution in [2.45, 2.75) is 44.1 Å². The number of nitrogens with zero attached hydrogens (tertiary/aromatic N) is 1. The molecule has 1 aliphatic carbocycles. The van der Waals surface area contributed by atoms with Gasteiger partial charge in [-0.25, -0.2) is 4.79 Å². The standard InChI is InChI=1S/C19H22N4O6/c24-15(21-22-16(25)12-4-5-13-14(10-12)29-11-28-13)6-9-23-17(26)19(20-18(23)27)7-2-1-3-8-19/h4-5,10H,1-3,6-9,11H2,(H,20,27)(H,21,24)(H,22,25). The predicted molar refractivity (Wildman–Crippen MR) is 98.9 cm³/mol. The molecule has 1 aromatic rings. The molecule has 10 nitrogen and oxygen atoms in total. The Hall–Kier alpha value is -3.30. The van der Waals surface area contributed by atoms with Crippen LogP contribution in [0.25, 0.3) is 0 Å². The van der Waals surface area contributed by atoms with E-state index < -0.39 is 23.4 Å². The van der Waals surface area contributed by atoms with Crippen molar-refractivity contribution in [2.24, 2.45) is 0 Å². The van der Waals surface area contributed by atoms with Crippen molar-refractivity contribution in [1.29, 1.82) is 0 Å². The minimum Gasteiger partial charge on any atom is -0.454 e. The van der Waals surface area contributed by atoms with Crippen molar-refractivity contribution >= 4 is 23.8 Å². The summed E-state index contributed by atoms with van der Waals surface area (Å²) in [5, 5.41) is 2.80. The number of fused-ring (bicyclic) bond motifs is 1. The van der Waals surface area contributed by atoms with Crippen LogP contribution in [0.4, 0.5) is 4.79 Å². The fourth-order valence-electron chi connectivity index (χ4n) is 3.89. The highest BCUT2D eigenvalue weighted by Gasteiger charge is 2.51. The van der Waals surface area contributed by atoms with E-state index in [-0.39, 0.29) is 25.7 Å². The van der Waals surface area contributed by atoms with Crippen molar-refractivity contribution in [1.82, 2.24) is 21.1 Å². The van der Waals surface area contributed by atoms with Gasteiger partial charge in [0.2, 0.25) is 12.7 Å². The molecule has 1 spiro atoms. The lowest BCUT2D eigenvalue weighted by atomic mass is 9.82. The summed E-state index contributed by atoms with van der Waals surface area (Å²) in [5.74, 6) is -0.287. The molecule has 0 bridgehead atoms. The molecular formula is C19H22N4O6. The molecule has 2 heterocycles. The molecule has 5 amide bonds. The molecular weight excluding hydrogens is 380 g/mol. The predicted octanol–water partition coefficient (Wildman–Crippen LogP) is 0.821. The lowest BCUT2D eigenvalue weighted by Gasteiger charge is -2.30. The quantitative estimate of drug-likeness (QED) is 0.506. The second-order valence-electron chi connectivity index (χ2n) is 7.35. The summed E-state index contributed by atoms with van der Waals surface area (Å²) in [6.45, 7) is 0.0549. The zero-order valence-electron chi connectivity index (χ0n) is 15.8. The van der Waals surface area contributed by atoms with Crippen LogP contribution < -0.4 is 25.6 Å². The summed E-state index contributed by atoms with van der Waals surface area (Å²) in [6, 6.07) is 4.21. The number of amides is 5. The van der Waals surface area contributed by atoms with Crippen LogP contribution in [0.1, 0.15) is 48.9 Å². The number of hydrazine groups is 1. The summed E-state index contributed by atoms with van der Waals surface area (Å²) >= 11 is 0. The SMILES string of the molecule is O=C(CCN1C(=O)NC2(CCCCC2)C1=O)NNC(=O)c1ccc2c(c1)OCO2. The van der Waals surface area contributed by atoms with E-state index >= 15 is 0 Å². The molecule has 3 N–H and O–H groups in total. The highest BCUT2D eigenvalue weighted by molar-refractivity contribution is 6.07. The number of nitrogens with one attached hydrogen (secondary N) is 3. The number of urea groups is 1. The largest absolute Gasteiger partial charge is 0.454 e. The highest BCUT2D eigenvalue weighted by Crippen LogP contribution is 2.34. The van der Waals surface area contributed by atoms with Gasteiger partial charge in [0.05, 0.1) is 0 Å². The lowest BCUT2D eigenvalue weighted by Crippen LogP contribution is -2.48. The second-order valence-corrected chi connectivity index (χ2v) is 7.35. The number of ether oxygens (including phenoxy) is 2. The van der Waals surface area contributed by atoms with Crippen molar-refractivity contribution < 1.29 is 28.7 Å². The smallest absolute Gasteiger partial charge is 0.325 e. The first-order valence-corrected chi connectivity index (χ1v) is 9.61. The highest BCUT2D eigenvalue weighted by atomic mass is 16.7. The number of hydrogen-bond donors (Lipinski definition) is 3. The summed E-state index contributed by atoms with van der Waals surface area (Å²) in [4.78, 5) is 50.2. The van der Waals surface area contributed by atoms with Gasteiger partial charge in [-0.1, -0.05) is 19.3 Å². The van der Waals surface area contributed by atoms with Crippen LogP contribution in [0.5, 0.6) is 11.5 Å². The Labute approximate surface area is 166 Å². The Morgan fingerprint density at radius 2 is 1.83 bits per heavy atom. The average Bonchev–Trinajstić information content (AvgIpc) is 3.28. The molecule has 2 fully saturated rings. The van der Waals surface area contributed by atoms with E-state index in [0.717, 1.165) is 24.2 Å². The first-order valence-electron chi connectivity index (χ1n) is 9.61. The van der Waals surface area contributed by atoms with Crippen LogP contribution in [0.3, 0.4) is 0 Å². The zero-order valence-corrected chi connectivity index (χ0v) is 15.8. The van der Waals surface area contributed by atoms with Gasteiger partial charge in [0.15, 0.2) is 11.5 Å². The first-order chi connectivity index (χ1) is 14.0. The maximum Gasteiger partial charge on any atom is 0.325 e. The third kappa shape index (κ3) is 3.69. The van der Waals surface area contributed by atoms with Crippen LogP contribution in [-0.2, 0) is 9.59 Å². The van der Waals surface area contributed by atoms with Crippen molar-refractivity contribution in [3.8, 4) is 11.5 Å². The molecule has 4 rings (SSSR count). The Kier molecular flexibility index (Phi) is 4.99.